The lowest BCUT2D eigenvalue weighted by molar-refractivity contribution is -0.140. The number of nitrogens with zero attached hydrogens (tertiary/aromatic N) is 1. The lowest BCUT2D eigenvalue weighted by Crippen LogP contribution is -2.47. The fourth-order valence-electron chi connectivity index (χ4n) is 3.62. The van der Waals surface area contributed by atoms with Crippen molar-refractivity contribution in [3.8, 4) is 0 Å². The molecule has 0 unspecified atom stereocenters. The average molecular weight is 300 g/mol. The van der Waals surface area contributed by atoms with E-state index in [0.717, 1.165) is 24.0 Å². The molecule has 0 bridgehead atoms. The molecule has 1 fully saturated rings. The Morgan fingerprint density at radius 3 is 2.55 bits per heavy atom. The summed E-state index contributed by atoms with van der Waals surface area (Å²) in [4.78, 5) is 26.5. The molecule has 1 aliphatic carbocycles. The van der Waals surface area contributed by atoms with Gasteiger partial charge in [0.2, 0.25) is 11.8 Å². The highest BCUT2D eigenvalue weighted by molar-refractivity contribution is 5.92. The van der Waals surface area contributed by atoms with Crippen LogP contribution in [0.1, 0.15) is 55.7 Å². The molecule has 0 aromatic heterocycles. The van der Waals surface area contributed by atoms with Crippen molar-refractivity contribution in [2.75, 3.05) is 7.05 Å². The summed E-state index contributed by atoms with van der Waals surface area (Å²) < 4.78 is 0. The van der Waals surface area contributed by atoms with Crippen LogP contribution in [-0.2, 0) is 16.0 Å². The number of carbonyl (C=O) groups is 2. The summed E-state index contributed by atoms with van der Waals surface area (Å²) in [6.07, 6.45) is 7.38. The molecule has 1 aromatic rings. The zero-order valence-electron chi connectivity index (χ0n) is 13.2. The Morgan fingerprint density at radius 2 is 1.82 bits per heavy atom. The molecule has 0 spiro atoms. The number of benzene rings is 1. The van der Waals surface area contributed by atoms with E-state index in [0.29, 0.717) is 6.42 Å². The van der Waals surface area contributed by atoms with Crippen LogP contribution in [0.25, 0.3) is 0 Å². The van der Waals surface area contributed by atoms with Gasteiger partial charge in [-0.25, -0.2) is 0 Å². The predicted molar refractivity (Wildman–Crippen MR) is 85.3 cm³/mol. The third kappa shape index (κ3) is 3.01. The molecular weight excluding hydrogens is 276 g/mol. The van der Waals surface area contributed by atoms with Crippen LogP contribution in [0.5, 0.6) is 0 Å². The number of fused-ring (bicyclic) bond motifs is 1. The van der Waals surface area contributed by atoms with E-state index in [1.54, 1.807) is 11.9 Å². The molecule has 1 aromatic carbocycles. The second-order valence-electron chi connectivity index (χ2n) is 6.48. The zero-order chi connectivity index (χ0) is 15.5. The topological polar surface area (TPSA) is 49.4 Å². The molecule has 1 aliphatic heterocycles. The fraction of sp³-hybridized carbons (Fsp3) is 0.556. The van der Waals surface area contributed by atoms with Crippen LogP contribution >= 0.6 is 0 Å². The highest BCUT2D eigenvalue weighted by Crippen LogP contribution is 2.30. The Morgan fingerprint density at radius 1 is 1.14 bits per heavy atom. The summed E-state index contributed by atoms with van der Waals surface area (Å²) >= 11 is 0. The summed E-state index contributed by atoms with van der Waals surface area (Å²) in [7, 11) is 1.73. The Kier molecular flexibility index (Phi) is 4.46. The quantitative estimate of drug-likeness (QED) is 0.853. The zero-order valence-corrected chi connectivity index (χ0v) is 13.2. The summed E-state index contributed by atoms with van der Waals surface area (Å²) in [5.41, 5.74) is 1.95. The minimum atomic E-state index is -0.485. The summed E-state index contributed by atoms with van der Waals surface area (Å²) in [5.74, 6) is -0.0189. The van der Waals surface area contributed by atoms with Crippen molar-refractivity contribution in [1.29, 1.82) is 0 Å². The first kappa shape index (κ1) is 15.1. The van der Waals surface area contributed by atoms with Crippen molar-refractivity contribution in [3.63, 3.8) is 0 Å². The first-order valence-electron chi connectivity index (χ1n) is 8.30. The van der Waals surface area contributed by atoms with Crippen molar-refractivity contribution < 1.29 is 9.59 Å². The summed E-state index contributed by atoms with van der Waals surface area (Å²) in [6.45, 7) is 0. The number of rotatable bonds is 2. The maximum absolute atomic E-state index is 12.8. The number of likely N-dealkylation sites (N-methyl/N-ethyl adjacent to an activating group) is 1. The van der Waals surface area contributed by atoms with Crippen molar-refractivity contribution in [1.82, 2.24) is 10.2 Å². The molecule has 1 atom stereocenters. The smallest absolute Gasteiger partial charge is 0.247 e. The normalized spacial score (nSPS) is 22.9. The van der Waals surface area contributed by atoms with Gasteiger partial charge >= 0.3 is 0 Å². The minimum absolute atomic E-state index is 0.0136. The summed E-state index contributed by atoms with van der Waals surface area (Å²) in [6, 6.07) is 7.56. The molecule has 118 valence electrons. The van der Waals surface area contributed by atoms with E-state index in [9.17, 15) is 9.59 Å². The number of hydrogen-bond donors (Lipinski definition) is 1. The lowest BCUT2D eigenvalue weighted by Gasteiger charge is -2.34. The van der Waals surface area contributed by atoms with Gasteiger partial charge in [0, 0.05) is 13.1 Å². The molecule has 1 saturated carbocycles. The fourth-order valence-corrected chi connectivity index (χ4v) is 3.62. The van der Waals surface area contributed by atoms with Crippen LogP contribution in [0.4, 0.5) is 0 Å². The highest BCUT2D eigenvalue weighted by atomic mass is 16.2. The third-order valence-corrected chi connectivity index (χ3v) is 4.92. The molecule has 0 saturated heterocycles. The van der Waals surface area contributed by atoms with Crippen LogP contribution in [0, 0.1) is 0 Å². The number of hydrogen-bond acceptors (Lipinski definition) is 2. The van der Waals surface area contributed by atoms with Crippen LogP contribution in [0.2, 0.25) is 0 Å². The molecule has 2 amide bonds. The van der Waals surface area contributed by atoms with Gasteiger partial charge in [-0.15, -0.1) is 0 Å². The Hall–Kier alpha value is -1.84. The van der Waals surface area contributed by atoms with Gasteiger partial charge in [0.15, 0.2) is 0 Å². The van der Waals surface area contributed by atoms with E-state index < -0.39 is 6.04 Å². The molecule has 3 rings (SSSR count). The number of carbonyl (C=O) groups excluding carboxylic acids is 2. The van der Waals surface area contributed by atoms with E-state index in [2.05, 4.69) is 5.32 Å². The standard InChI is InChI=1S/C18H24N2O2/c1-20-16(21)12-13-8-6-7-11-15(13)17(20)18(22)19-14-9-4-2-3-5-10-14/h6-8,11,14,17H,2-5,9-10,12H2,1H3,(H,19,22)/t17-/m0/s1. The Balaban J connectivity index is 1.79. The van der Waals surface area contributed by atoms with Crippen molar-refractivity contribution in [2.24, 2.45) is 0 Å². The maximum atomic E-state index is 12.8. The van der Waals surface area contributed by atoms with Gasteiger partial charge in [-0.3, -0.25) is 9.59 Å². The minimum Gasteiger partial charge on any atom is -0.351 e. The van der Waals surface area contributed by atoms with Crippen LogP contribution in [0.15, 0.2) is 24.3 Å². The van der Waals surface area contributed by atoms with Crippen molar-refractivity contribution in [2.45, 2.75) is 57.0 Å². The van der Waals surface area contributed by atoms with E-state index in [1.807, 2.05) is 24.3 Å². The Labute approximate surface area is 131 Å². The lowest BCUT2D eigenvalue weighted by atomic mass is 9.91. The molecule has 2 aliphatic rings. The number of nitrogens with one attached hydrogen (secondary N) is 1. The number of amides is 2. The molecule has 0 radical (unpaired) electrons. The highest BCUT2D eigenvalue weighted by Gasteiger charge is 2.35. The summed E-state index contributed by atoms with van der Waals surface area (Å²) in [5, 5.41) is 3.19. The molecular formula is C18H24N2O2. The second-order valence-corrected chi connectivity index (χ2v) is 6.48. The monoisotopic (exact) mass is 300 g/mol. The van der Waals surface area contributed by atoms with E-state index >= 15 is 0 Å². The predicted octanol–water partition coefficient (Wildman–Crippen LogP) is 2.58. The maximum Gasteiger partial charge on any atom is 0.247 e. The average Bonchev–Trinajstić information content (AvgIpc) is 2.77. The third-order valence-electron chi connectivity index (χ3n) is 4.92. The van der Waals surface area contributed by atoms with Gasteiger partial charge in [0.05, 0.1) is 6.42 Å². The van der Waals surface area contributed by atoms with Gasteiger partial charge in [-0.2, -0.15) is 0 Å². The first-order chi connectivity index (χ1) is 10.7. The molecule has 1 N–H and O–H groups in total. The van der Waals surface area contributed by atoms with Gasteiger partial charge < -0.3 is 10.2 Å². The van der Waals surface area contributed by atoms with E-state index in [4.69, 9.17) is 0 Å². The van der Waals surface area contributed by atoms with E-state index in [1.165, 1.54) is 25.7 Å². The van der Waals surface area contributed by atoms with Crippen molar-refractivity contribution in [3.05, 3.63) is 35.4 Å². The Bertz CT molecular complexity index is 562. The molecule has 1 heterocycles. The molecule has 4 heteroatoms. The van der Waals surface area contributed by atoms with Gasteiger partial charge in [-0.1, -0.05) is 49.9 Å². The van der Waals surface area contributed by atoms with Crippen molar-refractivity contribution >= 4 is 11.8 Å². The molecule has 4 nitrogen and oxygen atoms in total. The van der Waals surface area contributed by atoms with Crippen LogP contribution in [-0.4, -0.2) is 29.8 Å². The van der Waals surface area contributed by atoms with Gasteiger partial charge in [-0.05, 0) is 24.0 Å². The second kappa shape index (κ2) is 6.51. The van der Waals surface area contributed by atoms with Crippen LogP contribution in [0.3, 0.4) is 0 Å². The van der Waals surface area contributed by atoms with E-state index in [-0.39, 0.29) is 17.9 Å². The van der Waals surface area contributed by atoms with Gasteiger partial charge in [0.25, 0.3) is 0 Å². The first-order valence-corrected chi connectivity index (χ1v) is 8.30. The largest absolute Gasteiger partial charge is 0.351 e. The van der Waals surface area contributed by atoms with Gasteiger partial charge in [0.1, 0.15) is 6.04 Å². The van der Waals surface area contributed by atoms with Crippen LogP contribution < -0.4 is 5.32 Å². The molecule has 22 heavy (non-hydrogen) atoms. The SMILES string of the molecule is CN1C(=O)Cc2ccccc2[C@H]1C(=O)NC1CCCCCC1.